The Labute approximate surface area is 97.4 Å². The minimum absolute atomic E-state index is 0.515. The summed E-state index contributed by atoms with van der Waals surface area (Å²) in [5, 5.41) is 3.44. The van der Waals surface area contributed by atoms with E-state index in [2.05, 4.69) is 20.6 Å². The molecule has 2 heterocycles. The zero-order valence-electron chi connectivity index (χ0n) is 10.1. The minimum atomic E-state index is 0.515. The summed E-state index contributed by atoms with van der Waals surface area (Å²) in [5.41, 5.74) is 2.65. The monoisotopic (exact) mass is 225 g/mol. The van der Waals surface area contributed by atoms with Crippen LogP contribution < -0.4 is 16.6 Å². The summed E-state index contributed by atoms with van der Waals surface area (Å²) in [6.45, 7) is 5.25. The maximum Gasteiger partial charge on any atom is 0.205 e. The number of nitrogens with two attached hydrogens (primary N) is 1. The number of aliphatic imine (C=N–C) groups is 1. The molecule has 2 rings (SSSR count). The minimum Gasteiger partial charge on any atom is -0.351 e. The van der Waals surface area contributed by atoms with Crippen LogP contribution in [0.3, 0.4) is 0 Å². The molecule has 4 N–H and O–H groups in total. The Morgan fingerprint density at radius 1 is 1.38 bits per heavy atom. The van der Waals surface area contributed by atoms with Gasteiger partial charge < -0.3 is 5.32 Å². The molecule has 0 aromatic rings. The molecule has 0 spiro atoms. The second-order valence-corrected chi connectivity index (χ2v) is 4.61. The van der Waals surface area contributed by atoms with Gasteiger partial charge in [0, 0.05) is 25.2 Å². The second-order valence-electron chi connectivity index (χ2n) is 4.61. The van der Waals surface area contributed by atoms with Crippen molar-refractivity contribution < 1.29 is 0 Å². The van der Waals surface area contributed by atoms with Crippen molar-refractivity contribution >= 4 is 5.96 Å². The van der Waals surface area contributed by atoms with Crippen molar-refractivity contribution in [3.05, 3.63) is 0 Å². The van der Waals surface area contributed by atoms with Crippen LogP contribution in [0.4, 0.5) is 0 Å². The summed E-state index contributed by atoms with van der Waals surface area (Å²) in [4.78, 5) is 6.89. The van der Waals surface area contributed by atoms with E-state index < -0.39 is 0 Å². The first-order valence-electron chi connectivity index (χ1n) is 6.36. The van der Waals surface area contributed by atoms with Crippen LogP contribution in [0.25, 0.3) is 0 Å². The van der Waals surface area contributed by atoms with Gasteiger partial charge in [-0.05, 0) is 32.7 Å². The summed E-state index contributed by atoms with van der Waals surface area (Å²) in [6.07, 6.45) is 5.22. The molecule has 0 aromatic heterocycles. The summed E-state index contributed by atoms with van der Waals surface area (Å²) >= 11 is 0. The smallest absolute Gasteiger partial charge is 0.205 e. The van der Waals surface area contributed by atoms with Crippen molar-refractivity contribution in [2.45, 2.75) is 44.7 Å². The largest absolute Gasteiger partial charge is 0.351 e. The average Bonchev–Trinajstić information content (AvgIpc) is 2.72. The highest BCUT2D eigenvalue weighted by Crippen LogP contribution is 2.26. The van der Waals surface area contributed by atoms with E-state index >= 15 is 0 Å². The number of piperidine rings is 1. The number of hydrazine groups is 1. The summed E-state index contributed by atoms with van der Waals surface area (Å²) in [6, 6.07) is 1.20. The van der Waals surface area contributed by atoms with Gasteiger partial charge in [-0.1, -0.05) is 6.42 Å². The summed E-state index contributed by atoms with van der Waals surface area (Å²) in [7, 11) is 0. The van der Waals surface area contributed by atoms with E-state index in [1.54, 1.807) is 0 Å². The normalized spacial score (nSPS) is 31.2. The van der Waals surface area contributed by atoms with Crippen molar-refractivity contribution in [3.63, 3.8) is 0 Å². The molecule has 0 aliphatic carbocycles. The predicted molar refractivity (Wildman–Crippen MR) is 66.1 cm³/mol. The van der Waals surface area contributed by atoms with Gasteiger partial charge in [-0.3, -0.25) is 15.3 Å². The highest BCUT2D eigenvalue weighted by Gasteiger charge is 2.35. The Kier molecular flexibility index (Phi) is 4.01. The third kappa shape index (κ3) is 2.47. The molecule has 5 heteroatoms. The van der Waals surface area contributed by atoms with Crippen LogP contribution in [0.5, 0.6) is 0 Å². The molecule has 0 saturated carbocycles. The van der Waals surface area contributed by atoms with E-state index in [9.17, 15) is 0 Å². The van der Waals surface area contributed by atoms with Gasteiger partial charge in [-0.15, -0.1) is 0 Å². The van der Waals surface area contributed by atoms with Crippen LogP contribution in [0.1, 0.15) is 32.6 Å². The topological polar surface area (TPSA) is 65.7 Å². The fraction of sp³-hybridized carbons (Fsp3) is 0.909. The third-order valence-corrected chi connectivity index (χ3v) is 3.63. The Balaban J connectivity index is 1.92. The molecule has 0 aromatic carbocycles. The van der Waals surface area contributed by atoms with E-state index in [4.69, 9.17) is 5.84 Å². The fourth-order valence-corrected chi connectivity index (χ4v) is 2.88. The standard InChI is InChI=1S/C11H23N5/c1-2-13-11(15-12)14-9-6-8-16-7-4-3-5-10(9)16/h9-10H,2-8,12H2,1H3,(H2,13,14,15). The van der Waals surface area contributed by atoms with Gasteiger partial charge in [0.25, 0.3) is 0 Å². The highest BCUT2D eigenvalue weighted by molar-refractivity contribution is 5.79. The lowest BCUT2D eigenvalue weighted by atomic mass is 9.99. The van der Waals surface area contributed by atoms with E-state index in [-0.39, 0.29) is 0 Å². The molecule has 5 nitrogen and oxygen atoms in total. The van der Waals surface area contributed by atoms with Crippen LogP contribution in [0.2, 0.25) is 0 Å². The lowest BCUT2D eigenvalue weighted by Crippen LogP contribution is -2.51. The molecule has 2 atom stereocenters. The molecule has 2 fully saturated rings. The Morgan fingerprint density at radius 2 is 2.25 bits per heavy atom. The van der Waals surface area contributed by atoms with Crippen molar-refractivity contribution in [3.8, 4) is 0 Å². The highest BCUT2D eigenvalue weighted by atomic mass is 15.4. The molecule has 2 saturated heterocycles. The third-order valence-electron chi connectivity index (χ3n) is 3.63. The van der Waals surface area contributed by atoms with Gasteiger partial charge >= 0.3 is 0 Å². The zero-order chi connectivity index (χ0) is 11.4. The second kappa shape index (κ2) is 5.50. The molecule has 2 aliphatic heterocycles. The van der Waals surface area contributed by atoms with E-state index in [1.807, 2.05) is 6.92 Å². The molecule has 0 bridgehead atoms. The Hall–Kier alpha value is -0.810. The molecule has 2 unspecified atom stereocenters. The van der Waals surface area contributed by atoms with E-state index in [0.29, 0.717) is 12.1 Å². The summed E-state index contributed by atoms with van der Waals surface area (Å²) in [5.74, 6) is 6.18. The Bertz CT molecular complexity index is 253. The van der Waals surface area contributed by atoms with Gasteiger partial charge in [0.05, 0.1) is 0 Å². The van der Waals surface area contributed by atoms with Crippen molar-refractivity contribution in [1.82, 2.24) is 15.6 Å². The maximum atomic E-state index is 5.45. The van der Waals surface area contributed by atoms with Crippen molar-refractivity contribution in [1.29, 1.82) is 0 Å². The Morgan fingerprint density at radius 3 is 3.00 bits per heavy atom. The van der Waals surface area contributed by atoms with Gasteiger partial charge in [0.2, 0.25) is 5.96 Å². The van der Waals surface area contributed by atoms with Gasteiger partial charge in [-0.2, -0.15) is 0 Å². The average molecular weight is 225 g/mol. The van der Waals surface area contributed by atoms with E-state index in [1.165, 1.54) is 38.8 Å². The van der Waals surface area contributed by atoms with Crippen LogP contribution in [0.15, 0.2) is 4.99 Å². The van der Waals surface area contributed by atoms with Crippen LogP contribution in [-0.2, 0) is 0 Å². The number of guanidine groups is 1. The summed E-state index contributed by atoms with van der Waals surface area (Å²) < 4.78 is 0. The van der Waals surface area contributed by atoms with Crippen LogP contribution >= 0.6 is 0 Å². The molecule has 92 valence electrons. The van der Waals surface area contributed by atoms with E-state index in [0.717, 1.165) is 12.5 Å². The molecule has 2 aliphatic rings. The molecular weight excluding hydrogens is 202 g/mol. The van der Waals surface area contributed by atoms with Crippen molar-refractivity contribution in [2.75, 3.05) is 19.6 Å². The fourth-order valence-electron chi connectivity index (χ4n) is 2.88. The molecule has 0 radical (unpaired) electrons. The molecular formula is C11H23N5. The first kappa shape index (κ1) is 11.7. The lowest BCUT2D eigenvalue weighted by Gasteiger charge is -2.32. The molecule has 0 amide bonds. The first-order valence-corrected chi connectivity index (χ1v) is 6.36. The quantitative estimate of drug-likeness (QED) is 0.269. The van der Waals surface area contributed by atoms with Gasteiger partial charge in [0.15, 0.2) is 0 Å². The maximum absolute atomic E-state index is 5.45. The number of nitrogens with one attached hydrogen (secondary N) is 2. The number of fused-ring (bicyclic) bond motifs is 1. The predicted octanol–water partition coefficient (Wildman–Crippen LogP) is 0.0420. The molecule has 16 heavy (non-hydrogen) atoms. The number of rotatable bonds is 2. The van der Waals surface area contributed by atoms with Crippen LogP contribution in [0, 0.1) is 0 Å². The zero-order valence-corrected chi connectivity index (χ0v) is 10.1. The first-order chi connectivity index (χ1) is 7.85. The van der Waals surface area contributed by atoms with Crippen LogP contribution in [-0.4, -0.2) is 42.6 Å². The lowest BCUT2D eigenvalue weighted by molar-refractivity contribution is 0.185. The van der Waals surface area contributed by atoms with Gasteiger partial charge in [-0.25, -0.2) is 5.84 Å². The number of hydrogen-bond donors (Lipinski definition) is 3. The number of hydrogen-bond acceptors (Lipinski definition) is 3. The van der Waals surface area contributed by atoms with Gasteiger partial charge in [0.1, 0.15) is 0 Å². The SMILES string of the molecule is CCN=C(NN)NC1CCN2CCCCC12. The number of nitrogens with zero attached hydrogens (tertiary/aromatic N) is 2. The van der Waals surface area contributed by atoms with Crippen molar-refractivity contribution in [2.24, 2.45) is 10.8 Å².